The van der Waals surface area contributed by atoms with Crippen LogP contribution >= 0.6 is 31.9 Å². The first kappa shape index (κ1) is 15.1. The Labute approximate surface area is 139 Å². The van der Waals surface area contributed by atoms with Gasteiger partial charge in [0.15, 0.2) is 0 Å². The van der Waals surface area contributed by atoms with E-state index in [0.29, 0.717) is 16.9 Å². The normalized spacial score (nSPS) is 34.6. The fraction of sp³-hybridized carbons (Fsp3) is 0.647. The number of rotatable bonds is 3. The molecule has 1 aromatic rings. The van der Waals surface area contributed by atoms with Crippen molar-refractivity contribution in [1.82, 2.24) is 5.32 Å². The largest absolute Gasteiger partial charge is 0.309 e. The van der Waals surface area contributed by atoms with E-state index < -0.39 is 0 Å². The third-order valence-corrected chi connectivity index (χ3v) is 7.64. The van der Waals surface area contributed by atoms with Crippen molar-refractivity contribution in [2.75, 3.05) is 0 Å². The van der Waals surface area contributed by atoms with E-state index >= 15 is 0 Å². The van der Waals surface area contributed by atoms with Crippen molar-refractivity contribution in [3.05, 3.63) is 32.7 Å². The van der Waals surface area contributed by atoms with E-state index in [1.165, 1.54) is 24.8 Å². The van der Waals surface area contributed by atoms with Crippen LogP contribution in [-0.2, 0) is 6.54 Å². The second-order valence-corrected chi connectivity index (χ2v) is 9.19. The minimum atomic E-state index is 0.430. The van der Waals surface area contributed by atoms with Crippen molar-refractivity contribution in [3.8, 4) is 0 Å². The molecule has 0 aliphatic heterocycles. The van der Waals surface area contributed by atoms with Gasteiger partial charge in [-0.1, -0.05) is 26.8 Å². The van der Waals surface area contributed by atoms with E-state index in [4.69, 9.17) is 0 Å². The molecule has 0 amide bonds. The summed E-state index contributed by atoms with van der Waals surface area (Å²) in [7, 11) is 0. The molecule has 3 heteroatoms. The summed E-state index contributed by atoms with van der Waals surface area (Å²) in [6, 6.07) is 7.16. The van der Waals surface area contributed by atoms with Gasteiger partial charge in [0.05, 0.1) is 0 Å². The number of hydrogen-bond donors (Lipinski definition) is 1. The zero-order valence-corrected chi connectivity index (χ0v) is 15.6. The second kappa shape index (κ2) is 5.10. The molecule has 0 heterocycles. The van der Waals surface area contributed by atoms with Crippen LogP contribution in [0.1, 0.15) is 45.6 Å². The number of nitrogens with one attached hydrogen (secondary N) is 1. The highest BCUT2D eigenvalue weighted by Crippen LogP contribution is 2.62. The average Bonchev–Trinajstić information content (AvgIpc) is 2.84. The molecule has 0 spiro atoms. The number of hydrogen-bond acceptors (Lipinski definition) is 1. The molecule has 2 aliphatic carbocycles. The van der Waals surface area contributed by atoms with Crippen molar-refractivity contribution < 1.29 is 0 Å². The van der Waals surface area contributed by atoms with E-state index in [0.717, 1.165) is 21.4 Å². The van der Waals surface area contributed by atoms with E-state index in [9.17, 15) is 0 Å². The fourth-order valence-corrected chi connectivity index (χ4v) is 5.35. The second-order valence-electron chi connectivity index (χ2n) is 7.48. The summed E-state index contributed by atoms with van der Waals surface area (Å²) in [5.41, 5.74) is 2.28. The maximum Gasteiger partial charge on any atom is 0.0320 e. The van der Waals surface area contributed by atoms with E-state index in [1.807, 2.05) is 0 Å². The first-order chi connectivity index (χ1) is 9.33. The molecule has 3 rings (SSSR count). The van der Waals surface area contributed by atoms with Crippen LogP contribution in [0.2, 0.25) is 0 Å². The molecule has 2 fully saturated rings. The van der Waals surface area contributed by atoms with Crippen LogP contribution in [0, 0.1) is 16.7 Å². The predicted octanol–water partition coefficient (Wildman–Crippen LogP) is 5.52. The van der Waals surface area contributed by atoms with E-state index in [-0.39, 0.29) is 0 Å². The van der Waals surface area contributed by atoms with Gasteiger partial charge in [0.1, 0.15) is 0 Å². The summed E-state index contributed by atoms with van der Waals surface area (Å²) >= 11 is 7.12. The Hall–Kier alpha value is 0.140. The van der Waals surface area contributed by atoms with Gasteiger partial charge in [0, 0.05) is 21.5 Å². The van der Waals surface area contributed by atoms with Gasteiger partial charge in [-0.05, 0) is 85.6 Å². The monoisotopic (exact) mass is 399 g/mol. The zero-order chi connectivity index (χ0) is 14.5. The quantitative estimate of drug-likeness (QED) is 0.704. The maximum absolute atomic E-state index is 3.87. The SMILES string of the molecule is CC12CCC(C1)C(C)(C)C2NCc1ccc(Br)c(Br)c1. The van der Waals surface area contributed by atoms with Crippen molar-refractivity contribution >= 4 is 31.9 Å². The summed E-state index contributed by atoms with van der Waals surface area (Å²) in [5.74, 6) is 0.904. The van der Waals surface area contributed by atoms with Crippen LogP contribution in [0.5, 0.6) is 0 Å². The van der Waals surface area contributed by atoms with E-state index in [1.54, 1.807) is 0 Å². The molecular weight excluding hydrogens is 378 g/mol. The molecule has 3 unspecified atom stereocenters. The molecule has 110 valence electrons. The van der Waals surface area contributed by atoms with Crippen LogP contribution in [0.4, 0.5) is 0 Å². The minimum absolute atomic E-state index is 0.430. The number of benzene rings is 1. The zero-order valence-electron chi connectivity index (χ0n) is 12.5. The molecular formula is C17H23Br2N. The molecule has 2 saturated carbocycles. The first-order valence-electron chi connectivity index (χ1n) is 7.50. The lowest BCUT2D eigenvalue weighted by Gasteiger charge is -2.43. The molecule has 3 atom stereocenters. The molecule has 20 heavy (non-hydrogen) atoms. The lowest BCUT2D eigenvalue weighted by molar-refractivity contribution is 0.108. The third kappa shape index (κ3) is 2.40. The Bertz CT molecular complexity index is 521. The molecule has 2 aliphatic rings. The molecule has 2 bridgehead atoms. The minimum Gasteiger partial charge on any atom is -0.309 e. The van der Waals surface area contributed by atoms with Crippen LogP contribution in [0.3, 0.4) is 0 Å². The Morgan fingerprint density at radius 1 is 1.20 bits per heavy atom. The summed E-state index contributed by atoms with van der Waals surface area (Å²) in [6.07, 6.45) is 4.22. The summed E-state index contributed by atoms with van der Waals surface area (Å²) < 4.78 is 2.25. The average molecular weight is 401 g/mol. The van der Waals surface area contributed by atoms with Gasteiger partial charge in [-0.25, -0.2) is 0 Å². The predicted molar refractivity (Wildman–Crippen MR) is 91.7 cm³/mol. The lowest BCUT2D eigenvalue weighted by Crippen LogP contribution is -2.49. The fourth-order valence-electron chi connectivity index (χ4n) is 4.68. The summed E-state index contributed by atoms with van der Waals surface area (Å²) in [5, 5.41) is 3.87. The van der Waals surface area contributed by atoms with Crippen molar-refractivity contribution in [2.45, 2.75) is 52.6 Å². The van der Waals surface area contributed by atoms with Crippen LogP contribution in [0.15, 0.2) is 27.1 Å². The van der Waals surface area contributed by atoms with Gasteiger partial charge in [-0.15, -0.1) is 0 Å². The van der Waals surface area contributed by atoms with Crippen molar-refractivity contribution in [1.29, 1.82) is 0 Å². The van der Waals surface area contributed by atoms with Crippen LogP contribution in [0.25, 0.3) is 0 Å². The Balaban J connectivity index is 1.73. The first-order valence-corrected chi connectivity index (χ1v) is 9.09. The highest BCUT2D eigenvalue weighted by molar-refractivity contribution is 9.13. The lowest BCUT2D eigenvalue weighted by atomic mass is 9.68. The number of halogens is 2. The standard InChI is InChI=1S/C17H23Br2N/c1-16(2)12-6-7-17(3,9-12)15(16)20-10-11-4-5-13(18)14(19)8-11/h4-5,8,12,15,20H,6-7,9-10H2,1-3H3. The number of fused-ring (bicyclic) bond motifs is 2. The van der Waals surface area contributed by atoms with Gasteiger partial charge >= 0.3 is 0 Å². The summed E-state index contributed by atoms with van der Waals surface area (Å²) in [6.45, 7) is 8.35. The van der Waals surface area contributed by atoms with Gasteiger partial charge in [-0.2, -0.15) is 0 Å². The summed E-state index contributed by atoms with van der Waals surface area (Å²) in [4.78, 5) is 0. The maximum atomic E-state index is 3.87. The van der Waals surface area contributed by atoms with Gasteiger partial charge in [0.25, 0.3) is 0 Å². The Morgan fingerprint density at radius 2 is 1.95 bits per heavy atom. The topological polar surface area (TPSA) is 12.0 Å². The van der Waals surface area contributed by atoms with Crippen LogP contribution < -0.4 is 5.32 Å². The third-order valence-electron chi connectivity index (χ3n) is 5.76. The van der Waals surface area contributed by atoms with Gasteiger partial charge < -0.3 is 5.32 Å². The Morgan fingerprint density at radius 3 is 2.55 bits per heavy atom. The molecule has 0 saturated heterocycles. The smallest absolute Gasteiger partial charge is 0.0320 e. The highest BCUT2D eigenvalue weighted by atomic mass is 79.9. The van der Waals surface area contributed by atoms with Gasteiger partial charge in [-0.3, -0.25) is 0 Å². The molecule has 1 aromatic carbocycles. The van der Waals surface area contributed by atoms with Crippen LogP contribution in [-0.4, -0.2) is 6.04 Å². The van der Waals surface area contributed by atoms with Gasteiger partial charge in [0.2, 0.25) is 0 Å². The molecule has 0 aromatic heterocycles. The Kier molecular flexibility index (Phi) is 3.84. The van der Waals surface area contributed by atoms with Crippen molar-refractivity contribution in [2.24, 2.45) is 16.7 Å². The van der Waals surface area contributed by atoms with E-state index in [2.05, 4.69) is 76.1 Å². The molecule has 0 radical (unpaired) electrons. The molecule has 1 N–H and O–H groups in total. The molecule has 1 nitrogen and oxygen atoms in total. The van der Waals surface area contributed by atoms with Crippen molar-refractivity contribution in [3.63, 3.8) is 0 Å². The highest BCUT2D eigenvalue weighted by Gasteiger charge is 2.58.